The first-order valence-corrected chi connectivity index (χ1v) is 20.8. The highest BCUT2D eigenvalue weighted by Gasteiger charge is 2.65. The lowest BCUT2D eigenvalue weighted by Gasteiger charge is -2.36. The zero-order chi connectivity index (χ0) is 37.5. The average molecular weight is 717 g/mol. The maximum atomic E-state index is 11.4. The van der Waals surface area contributed by atoms with Gasteiger partial charge in [0, 0.05) is 26.4 Å². The second kappa shape index (κ2) is 27.3. The molecule has 0 amide bonds. The lowest BCUT2D eigenvalue weighted by molar-refractivity contribution is -0.0173. The summed E-state index contributed by atoms with van der Waals surface area (Å²) >= 11 is 0. The van der Waals surface area contributed by atoms with Crippen LogP contribution in [0.1, 0.15) is 146 Å². The van der Waals surface area contributed by atoms with Crippen LogP contribution < -0.4 is 0 Å². The van der Waals surface area contributed by atoms with Crippen molar-refractivity contribution >= 4 is 0 Å². The van der Waals surface area contributed by atoms with Gasteiger partial charge in [0.2, 0.25) is 0 Å². The van der Waals surface area contributed by atoms with Gasteiger partial charge in [0.1, 0.15) is 0 Å². The van der Waals surface area contributed by atoms with E-state index in [-0.39, 0.29) is 29.1 Å². The molecule has 1 aliphatic rings. The predicted molar refractivity (Wildman–Crippen MR) is 205 cm³/mol. The fourth-order valence-electron chi connectivity index (χ4n) is 8.08. The van der Waals surface area contributed by atoms with E-state index >= 15 is 0 Å². The van der Waals surface area contributed by atoms with Gasteiger partial charge >= 0.3 is 0 Å². The number of hydrogen-bond donors (Lipinski definition) is 4. The van der Waals surface area contributed by atoms with Crippen LogP contribution in [0.15, 0.2) is 0 Å². The molecule has 0 aromatic rings. The Kier molecular flexibility index (Phi) is 26.0. The predicted octanol–water partition coefficient (Wildman–Crippen LogP) is 8.06. The van der Waals surface area contributed by atoms with Gasteiger partial charge in [-0.2, -0.15) is 0 Å². The van der Waals surface area contributed by atoms with Crippen LogP contribution in [0.25, 0.3) is 0 Å². The smallest absolute Gasteiger partial charge is 0.0776 e. The minimum atomic E-state index is -0.632. The van der Waals surface area contributed by atoms with Crippen LogP contribution in [-0.4, -0.2) is 97.7 Å². The zero-order valence-corrected chi connectivity index (χ0v) is 34.1. The minimum absolute atomic E-state index is 0.0692. The van der Waals surface area contributed by atoms with Crippen molar-refractivity contribution in [3.63, 3.8) is 0 Å². The topological polar surface area (TPSA) is 118 Å². The third-order valence-electron chi connectivity index (χ3n) is 11.1. The molecule has 0 spiro atoms. The van der Waals surface area contributed by atoms with Crippen molar-refractivity contribution in [3.8, 4) is 0 Å². The van der Waals surface area contributed by atoms with Crippen molar-refractivity contribution in [2.45, 2.75) is 170 Å². The largest absolute Gasteiger partial charge is 0.391 e. The van der Waals surface area contributed by atoms with Crippen molar-refractivity contribution in [2.24, 2.45) is 46.8 Å². The van der Waals surface area contributed by atoms with E-state index < -0.39 is 24.4 Å². The lowest BCUT2D eigenvalue weighted by Crippen LogP contribution is -2.34. The maximum Gasteiger partial charge on any atom is 0.0776 e. The third-order valence-corrected chi connectivity index (χ3v) is 11.1. The van der Waals surface area contributed by atoms with Gasteiger partial charge in [0.25, 0.3) is 0 Å². The second-order valence-corrected chi connectivity index (χ2v) is 17.2. The van der Waals surface area contributed by atoms with E-state index in [0.29, 0.717) is 96.3 Å². The Bertz CT molecular complexity index is 794. The molecule has 1 saturated carbocycles. The first-order chi connectivity index (χ1) is 23.8. The van der Waals surface area contributed by atoms with Crippen molar-refractivity contribution in [1.29, 1.82) is 0 Å². The Morgan fingerprint density at radius 2 is 0.880 bits per heavy atom. The minimum Gasteiger partial charge on any atom is -0.391 e. The van der Waals surface area contributed by atoms with E-state index in [1.807, 2.05) is 0 Å². The quantitative estimate of drug-likeness (QED) is 0.0495. The molecule has 8 heteroatoms. The van der Waals surface area contributed by atoms with E-state index in [2.05, 4.69) is 62.3 Å². The van der Waals surface area contributed by atoms with Gasteiger partial charge in [-0.3, -0.25) is 0 Å². The highest BCUT2D eigenvalue weighted by atomic mass is 16.5. The van der Waals surface area contributed by atoms with Gasteiger partial charge in [-0.15, -0.1) is 0 Å². The molecule has 0 aromatic heterocycles. The molecule has 0 heterocycles. The fourth-order valence-corrected chi connectivity index (χ4v) is 8.08. The normalized spacial score (nSPS) is 23.0. The summed E-state index contributed by atoms with van der Waals surface area (Å²) in [5.41, 5.74) is -0.236. The van der Waals surface area contributed by atoms with Gasteiger partial charge < -0.3 is 39.4 Å². The number of rotatable bonds is 34. The lowest BCUT2D eigenvalue weighted by atomic mass is 9.71. The summed E-state index contributed by atoms with van der Waals surface area (Å²) in [7, 11) is 0. The molecule has 1 fully saturated rings. The highest BCUT2D eigenvalue weighted by molar-refractivity contribution is 5.13. The standard InChI is InChI=1S/C42H84O8/c1-10-12-19-47-29-37(45)25-40-41(26-38(46)30-50-22-15-18-33(7)8)42(40,9)39(24-36(44)28-49-21-14-17-32(5)6)34(11-2)23-35(43)27-48-20-13-16-31(3)4/h31-41,43-46H,10-30H2,1-9H3. The number of aliphatic hydroxyl groups is 4. The Balaban J connectivity index is 3.15. The van der Waals surface area contributed by atoms with E-state index in [1.165, 1.54) is 0 Å². The monoisotopic (exact) mass is 717 g/mol. The highest BCUT2D eigenvalue weighted by Crippen LogP contribution is 2.69. The average Bonchev–Trinajstić information content (AvgIpc) is 3.59. The molecule has 0 bridgehead atoms. The van der Waals surface area contributed by atoms with Crippen LogP contribution in [0.2, 0.25) is 0 Å². The molecular formula is C42H84O8. The molecule has 0 saturated heterocycles. The van der Waals surface area contributed by atoms with Crippen molar-refractivity contribution in [2.75, 3.05) is 52.9 Å². The summed E-state index contributed by atoms with van der Waals surface area (Å²) in [6, 6.07) is 0. The molecule has 0 aliphatic heterocycles. The molecule has 0 aromatic carbocycles. The number of aliphatic hydroxyl groups excluding tert-OH is 4. The first kappa shape index (κ1) is 47.7. The molecule has 0 radical (unpaired) electrons. The Morgan fingerprint density at radius 3 is 1.24 bits per heavy atom. The van der Waals surface area contributed by atoms with Crippen LogP contribution in [0.5, 0.6) is 0 Å². The van der Waals surface area contributed by atoms with Gasteiger partial charge in [-0.25, -0.2) is 0 Å². The van der Waals surface area contributed by atoms with Crippen molar-refractivity contribution < 1.29 is 39.4 Å². The summed E-state index contributed by atoms with van der Waals surface area (Å²) < 4.78 is 23.6. The molecule has 300 valence electrons. The molecule has 9 unspecified atom stereocenters. The number of unbranched alkanes of at least 4 members (excludes halogenated alkanes) is 1. The van der Waals surface area contributed by atoms with Gasteiger partial charge in [0.05, 0.1) is 50.8 Å². The molecule has 1 aliphatic carbocycles. The van der Waals surface area contributed by atoms with Gasteiger partial charge in [-0.1, -0.05) is 75.2 Å². The summed E-state index contributed by atoms with van der Waals surface area (Å²) in [6.45, 7) is 23.7. The van der Waals surface area contributed by atoms with Crippen molar-refractivity contribution in [3.05, 3.63) is 0 Å². The van der Waals surface area contributed by atoms with E-state index in [0.717, 1.165) is 57.8 Å². The number of hydrogen-bond acceptors (Lipinski definition) is 8. The van der Waals surface area contributed by atoms with Crippen molar-refractivity contribution in [1.82, 2.24) is 0 Å². The number of ether oxygens (including phenoxy) is 4. The Labute approximate surface area is 308 Å². The fraction of sp³-hybridized carbons (Fsp3) is 1.00. The Hall–Kier alpha value is -0.320. The molecule has 8 nitrogen and oxygen atoms in total. The summed E-state index contributed by atoms with van der Waals surface area (Å²) in [5, 5.41) is 44.9. The summed E-state index contributed by atoms with van der Waals surface area (Å²) in [4.78, 5) is 0. The molecule has 9 atom stereocenters. The Morgan fingerprint density at radius 1 is 0.520 bits per heavy atom. The maximum absolute atomic E-state index is 11.4. The van der Waals surface area contributed by atoms with Crippen LogP contribution in [0.3, 0.4) is 0 Å². The molecule has 1 rings (SSSR count). The SMILES string of the molecule is CCCCOCC(O)CC1C(CC(O)COCCCC(C)C)C1(C)C(CC(O)COCCCC(C)C)C(CC)CC(O)COCCCC(C)C. The second-order valence-electron chi connectivity index (χ2n) is 17.2. The third kappa shape index (κ3) is 20.2. The van der Waals surface area contributed by atoms with Crippen LogP contribution in [0, 0.1) is 46.8 Å². The van der Waals surface area contributed by atoms with Crippen LogP contribution >= 0.6 is 0 Å². The van der Waals surface area contributed by atoms with Gasteiger partial charge in [0.15, 0.2) is 0 Å². The van der Waals surface area contributed by atoms with Gasteiger partial charge in [-0.05, 0) is 117 Å². The summed E-state index contributed by atoms with van der Waals surface area (Å²) in [6.07, 6.45) is 9.06. The zero-order valence-electron chi connectivity index (χ0n) is 34.1. The van der Waals surface area contributed by atoms with Crippen LogP contribution in [0.4, 0.5) is 0 Å². The van der Waals surface area contributed by atoms with E-state index in [1.54, 1.807) is 0 Å². The molecular weight excluding hydrogens is 632 g/mol. The van der Waals surface area contributed by atoms with E-state index in [9.17, 15) is 20.4 Å². The van der Waals surface area contributed by atoms with E-state index in [4.69, 9.17) is 18.9 Å². The first-order valence-electron chi connectivity index (χ1n) is 20.8. The molecule has 50 heavy (non-hydrogen) atoms. The summed E-state index contributed by atoms with van der Waals surface area (Å²) in [5.74, 6) is 2.42. The van der Waals surface area contributed by atoms with Crippen LogP contribution in [-0.2, 0) is 18.9 Å². The molecule has 4 N–H and O–H groups in total.